The van der Waals surface area contributed by atoms with Crippen molar-refractivity contribution >= 4 is 38.4 Å². The summed E-state index contributed by atoms with van der Waals surface area (Å²) in [6.45, 7) is 0. The predicted octanol–water partition coefficient (Wildman–Crippen LogP) is 4.28. The number of carbonyl (C=O) groups excluding carboxylic acids is 1. The van der Waals surface area contributed by atoms with Crippen LogP contribution in [0, 0.1) is 5.92 Å². The molecule has 110 valence electrons. The maximum atomic E-state index is 12.5. The number of benzene rings is 2. The molecule has 2 N–H and O–H groups in total. The van der Waals surface area contributed by atoms with Gasteiger partial charge in [0.2, 0.25) is 5.91 Å². The standard InChI is InChI=1S/C18H15BrN2O/c19-15-2-1-11-7-14(8-13(11)9-15)18(22)21-16-3-4-17-12(10-16)5-6-20-17/h1-6,9-10,14,20H,7-8H2,(H,21,22). The Balaban J connectivity index is 1.51. The molecule has 0 fully saturated rings. The summed E-state index contributed by atoms with van der Waals surface area (Å²) >= 11 is 3.49. The molecule has 0 spiro atoms. The summed E-state index contributed by atoms with van der Waals surface area (Å²) in [4.78, 5) is 15.7. The highest BCUT2D eigenvalue weighted by Crippen LogP contribution is 2.30. The number of halogens is 1. The Kier molecular flexibility index (Phi) is 3.26. The Morgan fingerprint density at radius 3 is 2.86 bits per heavy atom. The molecule has 22 heavy (non-hydrogen) atoms. The highest BCUT2D eigenvalue weighted by Gasteiger charge is 2.27. The van der Waals surface area contributed by atoms with Crippen LogP contribution in [0.2, 0.25) is 0 Å². The van der Waals surface area contributed by atoms with Crippen LogP contribution in [0.15, 0.2) is 53.1 Å². The Bertz CT molecular complexity index is 868. The molecule has 4 heteroatoms. The highest BCUT2D eigenvalue weighted by molar-refractivity contribution is 9.10. The van der Waals surface area contributed by atoms with Crippen LogP contribution in [0.25, 0.3) is 10.9 Å². The number of amides is 1. The van der Waals surface area contributed by atoms with Gasteiger partial charge >= 0.3 is 0 Å². The molecular weight excluding hydrogens is 340 g/mol. The fourth-order valence-electron chi connectivity index (χ4n) is 3.15. The lowest BCUT2D eigenvalue weighted by Crippen LogP contribution is -2.23. The zero-order valence-electron chi connectivity index (χ0n) is 11.9. The number of anilines is 1. The van der Waals surface area contributed by atoms with Crippen molar-refractivity contribution in [3.05, 3.63) is 64.3 Å². The summed E-state index contributed by atoms with van der Waals surface area (Å²) < 4.78 is 1.07. The molecule has 1 amide bonds. The summed E-state index contributed by atoms with van der Waals surface area (Å²) in [5, 5.41) is 4.16. The van der Waals surface area contributed by atoms with Gasteiger partial charge in [0.15, 0.2) is 0 Å². The van der Waals surface area contributed by atoms with E-state index in [0.29, 0.717) is 0 Å². The topological polar surface area (TPSA) is 44.9 Å². The number of hydrogen-bond acceptors (Lipinski definition) is 1. The molecule has 0 aliphatic heterocycles. The van der Waals surface area contributed by atoms with E-state index in [0.717, 1.165) is 33.9 Å². The minimum Gasteiger partial charge on any atom is -0.361 e. The molecule has 1 aromatic heterocycles. The molecule has 0 radical (unpaired) electrons. The van der Waals surface area contributed by atoms with Gasteiger partial charge in [0, 0.05) is 33.2 Å². The number of aromatic nitrogens is 1. The molecule has 1 aliphatic rings. The normalized spacial score (nSPS) is 16.7. The molecule has 0 saturated carbocycles. The van der Waals surface area contributed by atoms with Crippen LogP contribution in [-0.4, -0.2) is 10.9 Å². The van der Waals surface area contributed by atoms with E-state index in [-0.39, 0.29) is 11.8 Å². The van der Waals surface area contributed by atoms with Crippen LogP contribution in [0.3, 0.4) is 0 Å². The van der Waals surface area contributed by atoms with Crippen LogP contribution in [0.4, 0.5) is 5.69 Å². The van der Waals surface area contributed by atoms with Crippen molar-refractivity contribution in [2.24, 2.45) is 5.92 Å². The smallest absolute Gasteiger partial charge is 0.228 e. The van der Waals surface area contributed by atoms with Crippen molar-refractivity contribution in [1.29, 1.82) is 0 Å². The van der Waals surface area contributed by atoms with Crippen molar-refractivity contribution < 1.29 is 4.79 Å². The monoisotopic (exact) mass is 354 g/mol. The Hall–Kier alpha value is -2.07. The molecule has 2 aromatic carbocycles. The van der Waals surface area contributed by atoms with Crippen molar-refractivity contribution in [2.75, 3.05) is 5.32 Å². The van der Waals surface area contributed by atoms with Crippen LogP contribution in [0.1, 0.15) is 11.1 Å². The largest absolute Gasteiger partial charge is 0.361 e. The fraction of sp³-hybridized carbons (Fsp3) is 0.167. The van der Waals surface area contributed by atoms with Crippen molar-refractivity contribution in [3.8, 4) is 0 Å². The van der Waals surface area contributed by atoms with Gasteiger partial charge in [-0.05, 0) is 60.4 Å². The van der Waals surface area contributed by atoms with E-state index in [2.05, 4.69) is 38.4 Å². The average Bonchev–Trinajstić information content (AvgIpc) is 3.12. The number of carbonyl (C=O) groups is 1. The van der Waals surface area contributed by atoms with E-state index in [4.69, 9.17) is 0 Å². The number of rotatable bonds is 2. The van der Waals surface area contributed by atoms with E-state index in [1.165, 1.54) is 11.1 Å². The van der Waals surface area contributed by atoms with Crippen LogP contribution >= 0.6 is 15.9 Å². The van der Waals surface area contributed by atoms with Gasteiger partial charge in [-0.2, -0.15) is 0 Å². The third-order valence-electron chi connectivity index (χ3n) is 4.29. The molecule has 0 bridgehead atoms. The van der Waals surface area contributed by atoms with E-state index >= 15 is 0 Å². The maximum absolute atomic E-state index is 12.5. The lowest BCUT2D eigenvalue weighted by Gasteiger charge is -2.10. The van der Waals surface area contributed by atoms with E-state index < -0.39 is 0 Å². The zero-order valence-corrected chi connectivity index (χ0v) is 13.5. The van der Waals surface area contributed by atoms with Crippen LogP contribution in [-0.2, 0) is 17.6 Å². The van der Waals surface area contributed by atoms with Crippen LogP contribution in [0.5, 0.6) is 0 Å². The Morgan fingerprint density at radius 2 is 1.95 bits per heavy atom. The van der Waals surface area contributed by atoms with E-state index in [1.54, 1.807) is 0 Å². The van der Waals surface area contributed by atoms with E-state index in [9.17, 15) is 4.79 Å². The summed E-state index contributed by atoms with van der Waals surface area (Å²) in [6.07, 6.45) is 3.54. The Labute approximate surface area is 136 Å². The molecular formula is C18H15BrN2O. The molecule has 1 unspecified atom stereocenters. The average molecular weight is 355 g/mol. The SMILES string of the molecule is O=C(Nc1ccc2[nH]ccc2c1)C1Cc2ccc(Br)cc2C1. The minimum atomic E-state index is 0.0196. The number of nitrogens with one attached hydrogen (secondary N) is 2. The number of H-pyrrole nitrogens is 1. The summed E-state index contributed by atoms with van der Waals surface area (Å²) in [5.41, 5.74) is 4.49. The van der Waals surface area contributed by atoms with Crippen molar-refractivity contribution in [2.45, 2.75) is 12.8 Å². The van der Waals surface area contributed by atoms with Gasteiger partial charge in [-0.1, -0.05) is 22.0 Å². The second-order valence-corrected chi connectivity index (χ2v) is 6.70. The number of hydrogen-bond donors (Lipinski definition) is 2. The first-order valence-electron chi connectivity index (χ1n) is 7.34. The van der Waals surface area contributed by atoms with Gasteiger partial charge in [0.1, 0.15) is 0 Å². The molecule has 0 saturated heterocycles. The van der Waals surface area contributed by atoms with Gasteiger partial charge in [-0.25, -0.2) is 0 Å². The predicted molar refractivity (Wildman–Crippen MR) is 92.0 cm³/mol. The quantitative estimate of drug-likeness (QED) is 0.708. The first kappa shape index (κ1) is 13.6. The lowest BCUT2D eigenvalue weighted by atomic mass is 10.1. The van der Waals surface area contributed by atoms with Gasteiger partial charge in [-0.15, -0.1) is 0 Å². The van der Waals surface area contributed by atoms with E-state index in [1.807, 2.05) is 36.5 Å². The molecule has 3 nitrogen and oxygen atoms in total. The zero-order chi connectivity index (χ0) is 15.1. The molecule has 1 heterocycles. The van der Waals surface area contributed by atoms with Gasteiger partial charge in [0.25, 0.3) is 0 Å². The Morgan fingerprint density at radius 1 is 1.09 bits per heavy atom. The lowest BCUT2D eigenvalue weighted by molar-refractivity contribution is -0.119. The second kappa shape index (κ2) is 5.29. The number of aromatic amines is 1. The minimum absolute atomic E-state index is 0.0196. The third-order valence-corrected chi connectivity index (χ3v) is 4.79. The third kappa shape index (κ3) is 2.44. The first-order valence-corrected chi connectivity index (χ1v) is 8.14. The van der Waals surface area contributed by atoms with Crippen molar-refractivity contribution in [3.63, 3.8) is 0 Å². The van der Waals surface area contributed by atoms with Crippen molar-refractivity contribution in [1.82, 2.24) is 4.98 Å². The van der Waals surface area contributed by atoms with Gasteiger partial charge in [-0.3, -0.25) is 4.79 Å². The highest BCUT2D eigenvalue weighted by atomic mass is 79.9. The summed E-state index contributed by atoms with van der Waals surface area (Å²) in [7, 11) is 0. The fourth-order valence-corrected chi connectivity index (χ4v) is 3.56. The molecule has 3 aromatic rings. The summed E-state index contributed by atoms with van der Waals surface area (Å²) in [6, 6.07) is 14.2. The molecule has 4 rings (SSSR count). The van der Waals surface area contributed by atoms with Crippen LogP contribution < -0.4 is 5.32 Å². The number of fused-ring (bicyclic) bond motifs is 2. The first-order chi connectivity index (χ1) is 10.7. The second-order valence-electron chi connectivity index (χ2n) is 5.79. The molecule has 1 atom stereocenters. The molecule has 1 aliphatic carbocycles. The van der Waals surface area contributed by atoms with Gasteiger partial charge < -0.3 is 10.3 Å². The maximum Gasteiger partial charge on any atom is 0.228 e. The van der Waals surface area contributed by atoms with Gasteiger partial charge in [0.05, 0.1) is 0 Å². The summed E-state index contributed by atoms with van der Waals surface area (Å²) in [5.74, 6) is 0.119.